The fraction of sp³-hybridized carbons (Fsp3) is 0.357. The van der Waals surface area contributed by atoms with Crippen molar-refractivity contribution in [2.75, 3.05) is 0 Å². The molecule has 3 aromatic rings. The van der Waals surface area contributed by atoms with Crippen LogP contribution in [0.15, 0.2) is 46.4 Å². The molecule has 0 N–H and O–H groups in total. The van der Waals surface area contributed by atoms with E-state index in [0.717, 1.165) is 34.6 Å². The molecule has 0 spiro atoms. The van der Waals surface area contributed by atoms with Gasteiger partial charge < -0.3 is 14.0 Å². The fourth-order valence-electron chi connectivity index (χ4n) is 5.47. The standard InChI is InChI=1S/C28H30N2O5Si/c1-5-28(35-17(4)31)22-12-24-25-20(13-30(24)26(32)21(22)14-34-27(28)33)18(10-11-36-15-16(2)3)19-8-6-7-9-23(19)29-25/h6-9,12,15H,5,10-11,13-14,36H2,1-4H3/t28-/m0/s1. The molecule has 1 aromatic carbocycles. The van der Waals surface area contributed by atoms with E-state index in [1.54, 1.807) is 11.5 Å². The highest BCUT2D eigenvalue weighted by atomic mass is 28.2. The summed E-state index contributed by atoms with van der Waals surface area (Å²) in [6.45, 7) is 7.57. The quantitative estimate of drug-likeness (QED) is 0.227. The number of allylic oxidation sites excluding steroid dienone is 1. The molecular weight excluding hydrogens is 472 g/mol. The van der Waals surface area contributed by atoms with Crippen LogP contribution in [-0.4, -0.2) is 31.0 Å². The van der Waals surface area contributed by atoms with Crippen LogP contribution >= 0.6 is 0 Å². The second-order valence-electron chi connectivity index (χ2n) is 9.77. The van der Waals surface area contributed by atoms with E-state index in [1.807, 2.05) is 24.3 Å². The van der Waals surface area contributed by atoms with E-state index in [2.05, 4.69) is 25.6 Å². The number of benzene rings is 1. The summed E-state index contributed by atoms with van der Waals surface area (Å²) in [5.41, 5.74) is 7.24. The summed E-state index contributed by atoms with van der Waals surface area (Å²) in [5, 5.41) is 1.12. The Morgan fingerprint density at radius 1 is 1.22 bits per heavy atom. The number of hydrogen-bond donors (Lipinski definition) is 0. The van der Waals surface area contributed by atoms with Crippen molar-refractivity contribution in [3.05, 3.63) is 74.2 Å². The number of esters is 2. The molecule has 0 saturated heterocycles. The monoisotopic (exact) mass is 502 g/mol. The molecule has 0 radical (unpaired) electrons. The number of carbonyl (C=O) groups excluding carboxylic acids is 2. The highest BCUT2D eigenvalue weighted by molar-refractivity contribution is 6.42. The maximum absolute atomic E-state index is 13.7. The van der Waals surface area contributed by atoms with Crippen LogP contribution in [0.25, 0.3) is 22.3 Å². The topological polar surface area (TPSA) is 87.5 Å². The Kier molecular flexibility index (Phi) is 6.16. The van der Waals surface area contributed by atoms with Crippen molar-refractivity contribution in [3.63, 3.8) is 0 Å². The third-order valence-electron chi connectivity index (χ3n) is 7.18. The molecule has 0 fully saturated rings. The van der Waals surface area contributed by atoms with E-state index in [1.165, 1.54) is 18.1 Å². The summed E-state index contributed by atoms with van der Waals surface area (Å²) >= 11 is 0. The molecule has 0 aliphatic carbocycles. The Hall–Kier alpha value is -3.52. The Labute approximate surface area is 212 Å². The van der Waals surface area contributed by atoms with Gasteiger partial charge in [0.2, 0.25) is 5.60 Å². The maximum atomic E-state index is 13.7. The van der Waals surface area contributed by atoms with E-state index in [9.17, 15) is 14.4 Å². The number of aryl methyl sites for hydroxylation is 1. The largest absolute Gasteiger partial charge is 0.457 e. The minimum absolute atomic E-state index is 0.136. The van der Waals surface area contributed by atoms with Gasteiger partial charge in [0.15, 0.2) is 0 Å². The maximum Gasteiger partial charge on any atom is 0.355 e. The molecule has 186 valence electrons. The van der Waals surface area contributed by atoms with Crippen molar-refractivity contribution in [2.24, 2.45) is 0 Å². The van der Waals surface area contributed by atoms with Crippen molar-refractivity contribution in [1.29, 1.82) is 0 Å². The summed E-state index contributed by atoms with van der Waals surface area (Å²) in [5.74, 6) is -1.25. The first-order valence-corrected chi connectivity index (χ1v) is 14.3. The number of rotatable bonds is 6. The van der Waals surface area contributed by atoms with Gasteiger partial charge in [-0.15, -0.1) is 5.70 Å². The highest BCUT2D eigenvalue weighted by Crippen LogP contribution is 2.42. The van der Waals surface area contributed by atoms with Crippen molar-refractivity contribution >= 4 is 32.4 Å². The van der Waals surface area contributed by atoms with Gasteiger partial charge in [-0.2, -0.15) is 0 Å². The molecule has 8 heteroatoms. The van der Waals surface area contributed by atoms with E-state index in [-0.39, 0.29) is 28.1 Å². The number of aromatic nitrogens is 2. The molecule has 5 rings (SSSR count). The predicted octanol–water partition coefficient (Wildman–Crippen LogP) is 3.70. The SMILES string of the molecule is CC[C@@]1(OC(C)=O)C(=O)OCc2c1cc1n(c2=O)Cc2c-1nc1ccccc1c2CC[SiH2]C=C(C)C. The molecule has 2 aliphatic heterocycles. The lowest BCUT2D eigenvalue weighted by Gasteiger charge is -2.35. The molecule has 2 aromatic heterocycles. The van der Waals surface area contributed by atoms with Crippen molar-refractivity contribution in [1.82, 2.24) is 9.55 Å². The second kappa shape index (κ2) is 9.17. The van der Waals surface area contributed by atoms with Crippen molar-refractivity contribution < 1.29 is 19.1 Å². The minimum Gasteiger partial charge on any atom is -0.457 e. The van der Waals surface area contributed by atoms with Crippen LogP contribution in [0.2, 0.25) is 6.04 Å². The molecule has 2 aliphatic rings. The summed E-state index contributed by atoms with van der Waals surface area (Å²) < 4.78 is 12.6. The average Bonchev–Trinajstić information content (AvgIpc) is 3.21. The van der Waals surface area contributed by atoms with Crippen LogP contribution in [-0.2, 0) is 44.2 Å². The Bertz CT molecular complexity index is 1500. The Morgan fingerprint density at radius 3 is 2.72 bits per heavy atom. The van der Waals surface area contributed by atoms with Crippen LogP contribution in [0, 0.1) is 0 Å². The first-order valence-electron chi connectivity index (χ1n) is 12.4. The number of ether oxygens (including phenoxy) is 2. The van der Waals surface area contributed by atoms with E-state index >= 15 is 0 Å². The van der Waals surface area contributed by atoms with E-state index in [4.69, 9.17) is 14.5 Å². The normalized spacial score (nSPS) is 18.1. The van der Waals surface area contributed by atoms with Gasteiger partial charge in [-0.3, -0.25) is 9.59 Å². The zero-order chi connectivity index (χ0) is 25.6. The van der Waals surface area contributed by atoms with Gasteiger partial charge in [-0.25, -0.2) is 9.78 Å². The molecule has 0 unspecified atom stereocenters. The number of para-hydroxylation sites is 1. The van der Waals surface area contributed by atoms with Crippen LogP contribution in [0.3, 0.4) is 0 Å². The summed E-state index contributed by atoms with van der Waals surface area (Å²) in [6.07, 6.45) is 1.09. The average molecular weight is 503 g/mol. The molecule has 0 amide bonds. The minimum atomic E-state index is -1.63. The number of pyridine rings is 2. The zero-order valence-corrected chi connectivity index (χ0v) is 22.6. The summed E-state index contributed by atoms with van der Waals surface area (Å²) in [6, 6.07) is 11.0. The number of nitrogens with zero attached hydrogens (tertiary/aromatic N) is 2. The van der Waals surface area contributed by atoms with E-state index < -0.39 is 17.5 Å². The second-order valence-corrected chi connectivity index (χ2v) is 11.5. The fourth-order valence-corrected chi connectivity index (χ4v) is 6.81. The number of hydrogen-bond acceptors (Lipinski definition) is 6. The van der Waals surface area contributed by atoms with Crippen LogP contribution in [0.5, 0.6) is 0 Å². The lowest BCUT2D eigenvalue weighted by molar-refractivity contribution is -0.188. The van der Waals surface area contributed by atoms with Gasteiger partial charge in [-0.05, 0) is 44.4 Å². The molecule has 1 atom stereocenters. The molecule has 0 saturated carbocycles. The molecule has 4 heterocycles. The van der Waals surface area contributed by atoms with Crippen LogP contribution in [0.1, 0.15) is 56.4 Å². The first-order chi connectivity index (χ1) is 17.3. The smallest absolute Gasteiger partial charge is 0.355 e. The van der Waals surface area contributed by atoms with Gasteiger partial charge in [-0.1, -0.05) is 36.7 Å². The number of carbonyl (C=O) groups is 2. The molecule has 7 nitrogen and oxygen atoms in total. The lowest BCUT2D eigenvalue weighted by atomic mass is 9.85. The van der Waals surface area contributed by atoms with Gasteiger partial charge in [0.1, 0.15) is 6.61 Å². The van der Waals surface area contributed by atoms with Crippen LogP contribution < -0.4 is 5.56 Å². The number of cyclic esters (lactones) is 1. The third-order valence-corrected chi connectivity index (χ3v) is 9.05. The van der Waals surface area contributed by atoms with Crippen molar-refractivity contribution in [2.45, 2.75) is 65.3 Å². The Morgan fingerprint density at radius 2 is 2.00 bits per heavy atom. The Balaban J connectivity index is 1.71. The van der Waals surface area contributed by atoms with Gasteiger partial charge in [0.25, 0.3) is 5.56 Å². The van der Waals surface area contributed by atoms with Gasteiger partial charge in [0.05, 0.1) is 29.0 Å². The lowest BCUT2D eigenvalue weighted by Crippen LogP contribution is -2.47. The molecule has 36 heavy (non-hydrogen) atoms. The highest BCUT2D eigenvalue weighted by Gasteiger charge is 2.50. The molecule has 0 bridgehead atoms. The van der Waals surface area contributed by atoms with Gasteiger partial charge in [0, 0.05) is 33.0 Å². The first kappa shape index (κ1) is 24.2. The summed E-state index contributed by atoms with van der Waals surface area (Å²) in [4.78, 5) is 43.6. The zero-order valence-electron chi connectivity index (χ0n) is 21.1. The van der Waals surface area contributed by atoms with Gasteiger partial charge >= 0.3 is 11.9 Å². The number of fused-ring (bicyclic) bond motifs is 5. The van der Waals surface area contributed by atoms with Crippen LogP contribution in [0.4, 0.5) is 0 Å². The third kappa shape index (κ3) is 3.80. The predicted molar refractivity (Wildman–Crippen MR) is 141 cm³/mol. The molecular formula is C28H30N2O5Si. The van der Waals surface area contributed by atoms with Crippen molar-refractivity contribution in [3.8, 4) is 11.4 Å². The summed E-state index contributed by atoms with van der Waals surface area (Å²) in [7, 11) is -0.336. The van der Waals surface area contributed by atoms with E-state index in [0.29, 0.717) is 23.4 Å².